The molecular formula is C16H17ClN2O5. The summed E-state index contributed by atoms with van der Waals surface area (Å²) < 4.78 is 10.6. The second-order valence-electron chi connectivity index (χ2n) is 5.67. The molecule has 1 aromatic rings. The standard InChI is InChI=1S/C16H17ClN2O5/c1-9-2-3-19(16(22)11(9)5-15(20)21)18-7-10-4-13-14(6-12(10)17)24-8-23-13/h4,6,18H,2-3,5,7-8H2,1H3,(H,20,21). The van der Waals surface area contributed by atoms with E-state index in [0.717, 1.165) is 11.1 Å². The average molecular weight is 353 g/mol. The van der Waals surface area contributed by atoms with E-state index >= 15 is 0 Å². The number of benzene rings is 1. The van der Waals surface area contributed by atoms with Gasteiger partial charge in [-0.1, -0.05) is 17.2 Å². The van der Waals surface area contributed by atoms with E-state index in [0.29, 0.717) is 41.6 Å². The molecule has 24 heavy (non-hydrogen) atoms. The van der Waals surface area contributed by atoms with E-state index in [1.54, 1.807) is 19.1 Å². The van der Waals surface area contributed by atoms with Crippen molar-refractivity contribution >= 4 is 23.5 Å². The Balaban J connectivity index is 1.69. The molecule has 0 unspecified atom stereocenters. The van der Waals surface area contributed by atoms with Crippen molar-refractivity contribution in [2.75, 3.05) is 13.3 Å². The van der Waals surface area contributed by atoms with E-state index in [2.05, 4.69) is 5.43 Å². The van der Waals surface area contributed by atoms with Gasteiger partial charge in [0.15, 0.2) is 11.5 Å². The number of hydrazine groups is 1. The summed E-state index contributed by atoms with van der Waals surface area (Å²) >= 11 is 6.22. The molecule has 0 aromatic heterocycles. The van der Waals surface area contributed by atoms with Crippen molar-refractivity contribution in [1.82, 2.24) is 10.4 Å². The number of amides is 1. The maximum Gasteiger partial charge on any atom is 0.308 e. The summed E-state index contributed by atoms with van der Waals surface area (Å²) in [6.45, 7) is 2.76. The molecule has 0 saturated carbocycles. The fourth-order valence-corrected chi connectivity index (χ4v) is 2.90. The molecule has 8 heteroatoms. The van der Waals surface area contributed by atoms with Crippen LogP contribution in [0.2, 0.25) is 5.02 Å². The Hall–Kier alpha value is -2.25. The highest BCUT2D eigenvalue weighted by Crippen LogP contribution is 2.36. The van der Waals surface area contributed by atoms with Gasteiger partial charge in [-0.3, -0.25) is 14.6 Å². The number of aliphatic carboxylic acids is 1. The number of carbonyl (C=O) groups excluding carboxylic acids is 1. The monoisotopic (exact) mass is 352 g/mol. The molecule has 2 aliphatic heterocycles. The smallest absolute Gasteiger partial charge is 0.308 e. The number of fused-ring (bicyclic) bond motifs is 1. The van der Waals surface area contributed by atoms with Crippen LogP contribution < -0.4 is 14.9 Å². The van der Waals surface area contributed by atoms with Crippen LogP contribution in [0.4, 0.5) is 0 Å². The second-order valence-corrected chi connectivity index (χ2v) is 6.08. The lowest BCUT2D eigenvalue weighted by Crippen LogP contribution is -2.46. The van der Waals surface area contributed by atoms with Gasteiger partial charge in [-0.05, 0) is 25.0 Å². The molecule has 0 aliphatic carbocycles. The third-order valence-electron chi connectivity index (χ3n) is 4.06. The number of carboxylic acids is 1. The Labute approximate surface area is 143 Å². The fraction of sp³-hybridized carbons (Fsp3) is 0.375. The largest absolute Gasteiger partial charge is 0.481 e. The molecule has 2 N–H and O–H groups in total. The van der Waals surface area contributed by atoms with Crippen molar-refractivity contribution in [2.24, 2.45) is 0 Å². The fourth-order valence-electron chi connectivity index (χ4n) is 2.68. The summed E-state index contributed by atoms with van der Waals surface area (Å²) in [5, 5.41) is 10.9. The first-order valence-corrected chi connectivity index (χ1v) is 7.87. The van der Waals surface area contributed by atoms with Crippen molar-refractivity contribution in [3.8, 4) is 11.5 Å². The highest BCUT2D eigenvalue weighted by atomic mass is 35.5. The van der Waals surface area contributed by atoms with E-state index in [4.69, 9.17) is 26.2 Å². The van der Waals surface area contributed by atoms with E-state index in [-0.39, 0.29) is 19.1 Å². The van der Waals surface area contributed by atoms with Crippen LogP contribution in [0.5, 0.6) is 11.5 Å². The van der Waals surface area contributed by atoms with Gasteiger partial charge in [0.2, 0.25) is 6.79 Å². The van der Waals surface area contributed by atoms with Crippen molar-refractivity contribution in [2.45, 2.75) is 26.3 Å². The number of hydrogen-bond acceptors (Lipinski definition) is 5. The first kappa shape index (κ1) is 16.6. The molecule has 1 aromatic carbocycles. The molecule has 0 atom stereocenters. The molecule has 0 radical (unpaired) electrons. The molecule has 2 heterocycles. The van der Waals surface area contributed by atoms with Gasteiger partial charge in [0.1, 0.15) is 0 Å². The first-order valence-electron chi connectivity index (χ1n) is 7.49. The summed E-state index contributed by atoms with van der Waals surface area (Å²) in [5.74, 6) is -0.111. The van der Waals surface area contributed by atoms with Gasteiger partial charge in [0.25, 0.3) is 5.91 Å². The van der Waals surface area contributed by atoms with Gasteiger partial charge < -0.3 is 14.6 Å². The first-order chi connectivity index (χ1) is 11.5. The van der Waals surface area contributed by atoms with Crippen LogP contribution in [0.15, 0.2) is 23.3 Å². The maximum absolute atomic E-state index is 12.4. The minimum Gasteiger partial charge on any atom is -0.481 e. The third kappa shape index (κ3) is 3.32. The number of halogens is 1. The van der Waals surface area contributed by atoms with E-state index in [1.807, 2.05) is 0 Å². The molecule has 0 saturated heterocycles. The molecule has 0 bridgehead atoms. The van der Waals surface area contributed by atoms with Crippen LogP contribution in [0.1, 0.15) is 25.3 Å². The molecule has 128 valence electrons. The van der Waals surface area contributed by atoms with Crippen LogP contribution in [0.25, 0.3) is 0 Å². The van der Waals surface area contributed by atoms with Gasteiger partial charge >= 0.3 is 5.97 Å². The van der Waals surface area contributed by atoms with Crippen molar-refractivity contribution in [3.05, 3.63) is 33.9 Å². The number of rotatable bonds is 5. The zero-order chi connectivity index (χ0) is 17.3. The van der Waals surface area contributed by atoms with Gasteiger partial charge in [0, 0.05) is 29.8 Å². The van der Waals surface area contributed by atoms with Crippen LogP contribution in [0, 0.1) is 0 Å². The van der Waals surface area contributed by atoms with Crippen LogP contribution >= 0.6 is 11.6 Å². The minimum atomic E-state index is -1.02. The normalized spacial score (nSPS) is 16.8. The Bertz CT molecular complexity index is 731. The lowest BCUT2D eigenvalue weighted by molar-refractivity contribution is -0.139. The molecule has 2 aliphatic rings. The van der Waals surface area contributed by atoms with Crippen molar-refractivity contribution < 1.29 is 24.2 Å². The summed E-state index contributed by atoms with van der Waals surface area (Å²) in [6.07, 6.45) is 0.365. The zero-order valence-corrected chi connectivity index (χ0v) is 13.9. The number of carbonyl (C=O) groups is 2. The molecule has 1 amide bonds. The number of nitrogens with zero attached hydrogens (tertiary/aromatic N) is 1. The summed E-state index contributed by atoms with van der Waals surface area (Å²) in [4.78, 5) is 23.4. The number of carboxylic acid groups (broad SMARTS) is 1. The van der Waals surface area contributed by atoms with Gasteiger partial charge in [-0.2, -0.15) is 0 Å². The zero-order valence-electron chi connectivity index (χ0n) is 13.1. The Morgan fingerprint density at radius 3 is 2.79 bits per heavy atom. The number of nitrogens with one attached hydrogen (secondary N) is 1. The topological polar surface area (TPSA) is 88.1 Å². The van der Waals surface area contributed by atoms with E-state index < -0.39 is 5.97 Å². The lowest BCUT2D eigenvalue weighted by atomic mass is 9.99. The SMILES string of the molecule is CC1=C(CC(=O)O)C(=O)N(NCc2cc3c(cc2Cl)OCO3)CC1. The van der Waals surface area contributed by atoms with E-state index in [9.17, 15) is 9.59 Å². The molecule has 0 fully saturated rings. The highest BCUT2D eigenvalue weighted by Gasteiger charge is 2.27. The number of hydrogen-bond donors (Lipinski definition) is 2. The number of ether oxygens (including phenoxy) is 2. The van der Waals surface area contributed by atoms with Gasteiger partial charge in [0.05, 0.1) is 6.42 Å². The maximum atomic E-state index is 12.4. The van der Waals surface area contributed by atoms with E-state index in [1.165, 1.54) is 5.01 Å². The molecular weight excluding hydrogens is 336 g/mol. The predicted octanol–water partition coefficient (Wildman–Crippen LogP) is 2.10. The van der Waals surface area contributed by atoms with Gasteiger partial charge in [-0.25, -0.2) is 5.43 Å². The average Bonchev–Trinajstić information content (AvgIpc) is 2.97. The Morgan fingerprint density at radius 2 is 2.08 bits per heavy atom. The summed E-state index contributed by atoms with van der Waals surface area (Å²) in [7, 11) is 0. The van der Waals surface area contributed by atoms with Gasteiger partial charge in [-0.15, -0.1) is 0 Å². The van der Waals surface area contributed by atoms with Crippen LogP contribution in [-0.2, 0) is 16.1 Å². The predicted molar refractivity (Wildman–Crippen MR) is 85.7 cm³/mol. The Morgan fingerprint density at radius 1 is 1.38 bits per heavy atom. The highest BCUT2D eigenvalue weighted by molar-refractivity contribution is 6.31. The third-order valence-corrected chi connectivity index (χ3v) is 4.41. The van der Waals surface area contributed by atoms with Crippen LogP contribution in [-0.4, -0.2) is 35.3 Å². The minimum absolute atomic E-state index is 0.162. The van der Waals surface area contributed by atoms with Crippen LogP contribution in [0.3, 0.4) is 0 Å². The van der Waals surface area contributed by atoms with Crippen molar-refractivity contribution in [1.29, 1.82) is 0 Å². The second kappa shape index (κ2) is 6.70. The molecule has 7 nitrogen and oxygen atoms in total. The molecule has 3 rings (SSSR count). The van der Waals surface area contributed by atoms with Crippen molar-refractivity contribution in [3.63, 3.8) is 0 Å². The molecule has 0 spiro atoms. The summed E-state index contributed by atoms with van der Waals surface area (Å²) in [6, 6.07) is 3.45. The summed E-state index contributed by atoms with van der Waals surface area (Å²) in [5.41, 5.74) is 4.94. The lowest BCUT2D eigenvalue weighted by Gasteiger charge is -2.29. The Kier molecular flexibility index (Phi) is 4.64. The quantitative estimate of drug-likeness (QED) is 0.843.